The molecule has 15 heavy (non-hydrogen) atoms. The van der Waals surface area contributed by atoms with Crippen LogP contribution in [0.3, 0.4) is 0 Å². The lowest BCUT2D eigenvalue weighted by Gasteiger charge is -1.98. The summed E-state index contributed by atoms with van der Waals surface area (Å²) in [6.45, 7) is -1.46. The first-order valence-electron chi connectivity index (χ1n) is 4.73. The molecule has 0 aliphatic heterocycles. The number of alkyl halides is 3. The molecule has 0 unspecified atom stereocenters. The van der Waals surface area contributed by atoms with Gasteiger partial charge in [-0.05, 0) is 30.5 Å². The normalized spacial score (nSPS) is 9.73. The zero-order chi connectivity index (χ0) is 11.7. The smallest absolute Gasteiger partial charge is 0.174 e. The van der Waals surface area contributed by atoms with E-state index < -0.39 is 6.68 Å². The predicted molar refractivity (Wildman–Crippen MR) is 57.2 cm³/mol. The number of hydrogen-bond acceptors (Lipinski definition) is 0. The summed E-state index contributed by atoms with van der Waals surface area (Å²) < 4.78 is 29.0. The first-order valence-corrected chi connectivity index (χ1v) is 5.10. The zero-order valence-electron chi connectivity index (χ0n) is 8.52. The van der Waals surface area contributed by atoms with Gasteiger partial charge in [0.15, 0.2) is 0 Å². The molecule has 86 valence electrons. The van der Waals surface area contributed by atoms with Crippen molar-refractivity contribution in [2.45, 2.75) is 32.9 Å². The average Bonchev–Trinajstić information content (AvgIpc) is 2.16. The van der Waals surface area contributed by atoms with E-state index in [1.807, 2.05) is 12.1 Å². The van der Waals surface area contributed by atoms with E-state index in [2.05, 4.69) is 19.1 Å². The highest BCUT2D eigenvalue weighted by Crippen LogP contribution is 2.11. The number of unbranched alkanes of at least 4 members (excludes halogenated alkanes) is 1. The third-order valence-electron chi connectivity index (χ3n) is 1.73. The summed E-state index contributed by atoms with van der Waals surface area (Å²) in [5, 5.41) is 0.824. The Morgan fingerprint density at radius 3 is 2.00 bits per heavy atom. The van der Waals surface area contributed by atoms with Crippen molar-refractivity contribution >= 4 is 11.6 Å². The van der Waals surface area contributed by atoms with Crippen molar-refractivity contribution in [3.8, 4) is 0 Å². The van der Waals surface area contributed by atoms with Crippen LogP contribution in [0.15, 0.2) is 24.3 Å². The second kappa shape index (κ2) is 8.60. The van der Waals surface area contributed by atoms with Crippen LogP contribution in [0.2, 0.25) is 5.02 Å². The lowest BCUT2D eigenvalue weighted by Crippen LogP contribution is -1.82. The van der Waals surface area contributed by atoms with Gasteiger partial charge in [-0.2, -0.15) is 13.2 Å². The maximum Gasteiger partial charge on any atom is 0.379 e. The molecule has 0 bridgehead atoms. The third kappa shape index (κ3) is 9.60. The quantitative estimate of drug-likeness (QED) is 0.705. The molecule has 0 spiro atoms. The molecule has 0 saturated carbocycles. The van der Waals surface area contributed by atoms with E-state index in [0.717, 1.165) is 5.02 Å². The van der Waals surface area contributed by atoms with Gasteiger partial charge in [-0.15, -0.1) is 0 Å². The van der Waals surface area contributed by atoms with Gasteiger partial charge in [-0.1, -0.05) is 37.1 Å². The Bertz CT molecular complexity index is 244. The molecule has 1 rings (SSSR count). The lowest BCUT2D eigenvalue weighted by atomic mass is 10.1. The standard InChI is InChI=1S/C10H13Cl.CHF3/c1-2-3-4-9-5-7-10(11)8-6-9;2-1(3)4/h5-8H,2-4H2,1H3;1H. The maximum absolute atomic E-state index is 9.67. The van der Waals surface area contributed by atoms with Crippen LogP contribution in [-0.2, 0) is 6.42 Å². The monoisotopic (exact) mass is 238 g/mol. The molecule has 0 aliphatic carbocycles. The molecule has 0 aliphatic rings. The third-order valence-corrected chi connectivity index (χ3v) is 1.98. The molecular formula is C11H14ClF3. The van der Waals surface area contributed by atoms with E-state index >= 15 is 0 Å². The molecule has 1 aromatic carbocycles. The first kappa shape index (κ1) is 14.3. The van der Waals surface area contributed by atoms with Crippen LogP contribution in [-0.4, -0.2) is 6.68 Å². The Morgan fingerprint density at radius 1 is 1.13 bits per heavy atom. The number of benzene rings is 1. The topological polar surface area (TPSA) is 0 Å². The van der Waals surface area contributed by atoms with E-state index in [9.17, 15) is 13.2 Å². The largest absolute Gasteiger partial charge is 0.379 e. The van der Waals surface area contributed by atoms with Gasteiger partial charge in [0.05, 0.1) is 0 Å². The van der Waals surface area contributed by atoms with Crippen molar-refractivity contribution in [1.82, 2.24) is 0 Å². The highest BCUT2D eigenvalue weighted by atomic mass is 35.5. The number of hydrogen-bond donors (Lipinski definition) is 0. The molecule has 0 saturated heterocycles. The summed E-state index contributed by atoms with van der Waals surface area (Å²) in [6.07, 6.45) is 3.69. The van der Waals surface area contributed by atoms with Gasteiger partial charge in [-0.25, -0.2) is 0 Å². The van der Waals surface area contributed by atoms with Crippen LogP contribution in [0, 0.1) is 0 Å². The summed E-state index contributed by atoms with van der Waals surface area (Å²) in [6, 6.07) is 8.09. The molecule has 1 aromatic rings. The van der Waals surface area contributed by atoms with Crippen LogP contribution < -0.4 is 0 Å². The molecule has 0 heterocycles. The van der Waals surface area contributed by atoms with E-state index in [1.165, 1.54) is 24.8 Å². The van der Waals surface area contributed by atoms with Gasteiger partial charge in [0, 0.05) is 5.02 Å². The SMILES string of the molecule is CCCCc1ccc(Cl)cc1.FC(F)F. The predicted octanol–water partition coefficient (Wildman–Crippen LogP) is 4.86. The fourth-order valence-corrected chi connectivity index (χ4v) is 1.16. The van der Waals surface area contributed by atoms with Gasteiger partial charge < -0.3 is 0 Å². The van der Waals surface area contributed by atoms with Gasteiger partial charge in [-0.3, -0.25) is 0 Å². The van der Waals surface area contributed by atoms with Crippen LogP contribution >= 0.6 is 11.6 Å². The average molecular weight is 239 g/mol. The van der Waals surface area contributed by atoms with Gasteiger partial charge in [0.1, 0.15) is 0 Å². The Kier molecular flexibility index (Phi) is 8.19. The van der Waals surface area contributed by atoms with Crippen LogP contribution in [0.1, 0.15) is 25.3 Å². The minimum atomic E-state index is -3.67. The van der Waals surface area contributed by atoms with Crippen molar-refractivity contribution in [2.75, 3.05) is 0 Å². The van der Waals surface area contributed by atoms with Crippen molar-refractivity contribution < 1.29 is 13.2 Å². The van der Waals surface area contributed by atoms with Crippen molar-refractivity contribution in [3.05, 3.63) is 34.9 Å². The molecule has 4 heteroatoms. The minimum Gasteiger partial charge on any atom is -0.174 e. The van der Waals surface area contributed by atoms with Crippen molar-refractivity contribution in [2.24, 2.45) is 0 Å². The lowest BCUT2D eigenvalue weighted by molar-refractivity contribution is 0.00819. The van der Waals surface area contributed by atoms with E-state index in [0.29, 0.717) is 0 Å². The molecule has 0 fully saturated rings. The summed E-state index contributed by atoms with van der Waals surface area (Å²) in [5.74, 6) is 0. The van der Waals surface area contributed by atoms with E-state index in [4.69, 9.17) is 11.6 Å². The van der Waals surface area contributed by atoms with Crippen molar-refractivity contribution in [3.63, 3.8) is 0 Å². The molecule has 0 nitrogen and oxygen atoms in total. The summed E-state index contributed by atoms with van der Waals surface area (Å²) in [7, 11) is 0. The van der Waals surface area contributed by atoms with E-state index in [1.54, 1.807) is 0 Å². The number of aryl methyl sites for hydroxylation is 1. The summed E-state index contributed by atoms with van der Waals surface area (Å²) in [4.78, 5) is 0. The second-order valence-electron chi connectivity index (χ2n) is 2.98. The van der Waals surface area contributed by atoms with Gasteiger partial charge >= 0.3 is 6.68 Å². The number of halogens is 4. The fraction of sp³-hybridized carbons (Fsp3) is 0.455. The van der Waals surface area contributed by atoms with Crippen LogP contribution in [0.4, 0.5) is 13.2 Å². The maximum atomic E-state index is 9.67. The first-order chi connectivity index (χ1) is 7.06. The van der Waals surface area contributed by atoms with E-state index in [-0.39, 0.29) is 0 Å². The fourth-order valence-electron chi connectivity index (χ4n) is 1.03. The van der Waals surface area contributed by atoms with Crippen LogP contribution in [0.25, 0.3) is 0 Å². The minimum absolute atomic E-state index is 0.824. The number of rotatable bonds is 3. The summed E-state index contributed by atoms with van der Waals surface area (Å²) in [5.41, 5.74) is 1.39. The Balaban J connectivity index is 0.000000423. The van der Waals surface area contributed by atoms with Crippen molar-refractivity contribution in [1.29, 1.82) is 0 Å². The highest BCUT2D eigenvalue weighted by Gasteiger charge is 1.91. The molecule has 0 amide bonds. The van der Waals surface area contributed by atoms with Crippen LogP contribution in [0.5, 0.6) is 0 Å². The molecule has 0 aromatic heterocycles. The van der Waals surface area contributed by atoms with Gasteiger partial charge in [0.25, 0.3) is 0 Å². The zero-order valence-corrected chi connectivity index (χ0v) is 9.28. The Hall–Kier alpha value is -0.700. The molecular weight excluding hydrogens is 225 g/mol. The Labute approximate surface area is 93.1 Å². The van der Waals surface area contributed by atoms with Gasteiger partial charge in [0.2, 0.25) is 0 Å². The second-order valence-corrected chi connectivity index (χ2v) is 3.41. The molecule has 0 radical (unpaired) electrons. The summed E-state index contributed by atoms with van der Waals surface area (Å²) >= 11 is 5.75. The Morgan fingerprint density at radius 2 is 1.60 bits per heavy atom. The highest BCUT2D eigenvalue weighted by molar-refractivity contribution is 6.30. The molecule has 0 atom stereocenters. The molecule has 0 N–H and O–H groups in total.